The molecule has 0 unspecified atom stereocenters. The fourth-order valence-electron chi connectivity index (χ4n) is 4.30. The van der Waals surface area contributed by atoms with Gasteiger partial charge in [0, 0.05) is 22.4 Å². The smallest absolute Gasteiger partial charge is 0.126 e. The molecule has 0 radical (unpaired) electrons. The standard InChI is InChI=1S/C21H23ClO3/c1-12-16(13-5-4-6-14(22)9-13)11-18-20(24-12)17-10-15(23)7-8-19(17)25-21(18,2)3/h4-10,12,16,18,20,23H,11H2,1-3H3/t12-,16-,18-,20+/m0/s1. The van der Waals surface area contributed by atoms with E-state index in [1.807, 2.05) is 24.3 Å². The fraction of sp³-hybridized carbons (Fsp3) is 0.429. The first-order valence-corrected chi connectivity index (χ1v) is 9.16. The molecule has 3 nitrogen and oxygen atoms in total. The predicted octanol–water partition coefficient (Wildman–Crippen LogP) is 5.47. The summed E-state index contributed by atoms with van der Waals surface area (Å²) in [6.07, 6.45) is 0.939. The number of rotatable bonds is 1. The minimum atomic E-state index is -0.342. The van der Waals surface area contributed by atoms with Crippen molar-refractivity contribution in [3.05, 3.63) is 58.6 Å². The fourth-order valence-corrected chi connectivity index (χ4v) is 4.50. The summed E-state index contributed by atoms with van der Waals surface area (Å²) in [6.45, 7) is 6.36. The number of hydrogen-bond donors (Lipinski definition) is 1. The molecule has 0 aliphatic carbocycles. The summed E-state index contributed by atoms with van der Waals surface area (Å²) in [7, 11) is 0. The Labute approximate surface area is 153 Å². The monoisotopic (exact) mass is 358 g/mol. The normalized spacial score (nSPS) is 30.1. The maximum atomic E-state index is 9.91. The van der Waals surface area contributed by atoms with E-state index in [4.69, 9.17) is 21.1 Å². The van der Waals surface area contributed by atoms with Gasteiger partial charge >= 0.3 is 0 Å². The highest BCUT2D eigenvalue weighted by Crippen LogP contribution is 2.54. The molecule has 1 fully saturated rings. The summed E-state index contributed by atoms with van der Waals surface area (Å²) in [5.74, 6) is 1.51. The summed E-state index contributed by atoms with van der Waals surface area (Å²) in [5, 5.41) is 10.7. The van der Waals surface area contributed by atoms with Crippen LogP contribution in [-0.2, 0) is 4.74 Å². The highest BCUT2D eigenvalue weighted by atomic mass is 35.5. The molecule has 4 rings (SSSR count). The summed E-state index contributed by atoms with van der Waals surface area (Å²) in [5.41, 5.74) is 1.81. The molecule has 0 saturated carbocycles. The third-order valence-electron chi connectivity index (χ3n) is 5.64. The number of benzene rings is 2. The van der Waals surface area contributed by atoms with Crippen LogP contribution in [0.5, 0.6) is 11.5 Å². The van der Waals surface area contributed by atoms with Gasteiger partial charge in [-0.25, -0.2) is 0 Å². The number of phenolic OH excluding ortho intramolecular Hbond substituents is 1. The molecular weight excluding hydrogens is 336 g/mol. The molecule has 0 bridgehead atoms. The van der Waals surface area contributed by atoms with E-state index in [2.05, 4.69) is 26.8 Å². The van der Waals surface area contributed by atoms with Crippen LogP contribution in [0.15, 0.2) is 42.5 Å². The van der Waals surface area contributed by atoms with Crippen molar-refractivity contribution in [3.8, 4) is 11.5 Å². The van der Waals surface area contributed by atoms with E-state index in [-0.39, 0.29) is 35.4 Å². The number of ether oxygens (including phenoxy) is 2. The lowest BCUT2D eigenvalue weighted by Gasteiger charge is -2.50. The van der Waals surface area contributed by atoms with Crippen LogP contribution in [0.1, 0.15) is 50.3 Å². The lowest BCUT2D eigenvalue weighted by Crippen LogP contribution is -2.50. The van der Waals surface area contributed by atoms with Crippen LogP contribution in [0, 0.1) is 5.92 Å². The average molecular weight is 359 g/mol. The lowest BCUT2D eigenvalue weighted by molar-refractivity contribution is -0.153. The van der Waals surface area contributed by atoms with Crippen LogP contribution in [0.4, 0.5) is 0 Å². The van der Waals surface area contributed by atoms with Crippen molar-refractivity contribution >= 4 is 11.6 Å². The third-order valence-corrected chi connectivity index (χ3v) is 5.88. The van der Waals surface area contributed by atoms with Crippen molar-refractivity contribution in [2.75, 3.05) is 0 Å². The van der Waals surface area contributed by atoms with Crippen molar-refractivity contribution in [2.24, 2.45) is 5.92 Å². The molecular formula is C21H23ClO3. The molecule has 25 heavy (non-hydrogen) atoms. The first-order valence-electron chi connectivity index (χ1n) is 8.78. The largest absolute Gasteiger partial charge is 0.508 e. The lowest BCUT2D eigenvalue weighted by atomic mass is 9.70. The van der Waals surface area contributed by atoms with Crippen LogP contribution in [0.2, 0.25) is 5.02 Å². The van der Waals surface area contributed by atoms with E-state index in [1.165, 1.54) is 5.56 Å². The van der Waals surface area contributed by atoms with Gasteiger partial charge in [-0.3, -0.25) is 0 Å². The van der Waals surface area contributed by atoms with E-state index in [0.717, 1.165) is 22.8 Å². The van der Waals surface area contributed by atoms with Gasteiger partial charge in [0.1, 0.15) is 17.1 Å². The Balaban J connectivity index is 1.73. The van der Waals surface area contributed by atoms with Gasteiger partial charge in [0.05, 0.1) is 12.2 Å². The minimum Gasteiger partial charge on any atom is -0.508 e. The quantitative estimate of drug-likeness (QED) is 0.735. The average Bonchev–Trinajstić information content (AvgIpc) is 2.55. The highest BCUT2D eigenvalue weighted by molar-refractivity contribution is 6.30. The zero-order chi connectivity index (χ0) is 17.8. The van der Waals surface area contributed by atoms with E-state index in [0.29, 0.717) is 0 Å². The van der Waals surface area contributed by atoms with Crippen molar-refractivity contribution in [2.45, 2.75) is 50.9 Å². The maximum Gasteiger partial charge on any atom is 0.126 e. The number of halogens is 1. The van der Waals surface area contributed by atoms with E-state index in [9.17, 15) is 5.11 Å². The van der Waals surface area contributed by atoms with Gasteiger partial charge in [-0.1, -0.05) is 23.7 Å². The molecule has 4 heteroatoms. The van der Waals surface area contributed by atoms with E-state index < -0.39 is 0 Å². The zero-order valence-electron chi connectivity index (χ0n) is 14.7. The predicted molar refractivity (Wildman–Crippen MR) is 98.4 cm³/mol. The van der Waals surface area contributed by atoms with E-state index >= 15 is 0 Å². The molecule has 1 saturated heterocycles. The van der Waals surface area contributed by atoms with Crippen LogP contribution in [-0.4, -0.2) is 16.8 Å². The van der Waals surface area contributed by atoms with Gasteiger partial charge < -0.3 is 14.6 Å². The Hall–Kier alpha value is -1.71. The van der Waals surface area contributed by atoms with Crippen LogP contribution in [0.3, 0.4) is 0 Å². The third kappa shape index (κ3) is 2.90. The molecule has 0 aromatic heterocycles. The Morgan fingerprint density at radius 3 is 2.72 bits per heavy atom. The number of fused-ring (bicyclic) bond motifs is 3. The van der Waals surface area contributed by atoms with Crippen LogP contribution >= 0.6 is 11.6 Å². The van der Waals surface area contributed by atoms with Crippen LogP contribution < -0.4 is 4.74 Å². The molecule has 4 atom stereocenters. The minimum absolute atomic E-state index is 0.0591. The second kappa shape index (κ2) is 5.93. The van der Waals surface area contributed by atoms with Crippen molar-refractivity contribution in [3.63, 3.8) is 0 Å². The molecule has 2 heterocycles. The molecule has 132 valence electrons. The van der Waals surface area contributed by atoms with Crippen LogP contribution in [0.25, 0.3) is 0 Å². The Morgan fingerprint density at radius 1 is 1.16 bits per heavy atom. The van der Waals surface area contributed by atoms with Crippen molar-refractivity contribution in [1.82, 2.24) is 0 Å². The Kier molecular flexibility index (Phi) is 3.97. The molecule has 2 aromatic rings. The summed E-state index contributed by atoms with van der Waals surface area (Å²) in [6, 6.07) is 13.3. The van der Waals surface area contributed by atoms with Gasteiger partial charge in [-0.05, 0) is 63.1 Å². The molecule has 0 amide bonds. The van der Waals surface area contributed by atoms with Gasteiger partial charge in [0.25, 0.3) is 0 Å². The number of hydrogen-bond acceptors (Lipinski definition) is 3. The SMILES string of the molecule is C[C@@H]1O[C@@H]2c3cc(O)ccc3OC(C)(C)[C@H]2C[C@@H]1c1cccc(Cl)c1. The van der Waals surface area contributed by atoms with Gasteiger partial charge in [0.15, 0.2) is 0 Å². The first-order chi connectivity index (χ1) is 11.8. The second-order valence-corrected chi connectivity index (χ2v) is 8.13. The summed E-state index contributed by atoms with van der Waals surface area (Å²) < 4.78 is 12.7. The first kappa shape index (κ1) is 16.7. The Bertz CT molecular complexity index is 801. The summed E-state index contributed by atoms with van der Waals surface area (Å²) >= 11 is 6.20. The second-order valence-electron chi connectivity index (χ2n) is 7.69. The zero-order valence-corrected chi connectivity index (χ0v) is 15.5. The highest BCUT2D eigenvalue weighted by Gasteiger charge is 2.49. The maximum absolute atomic E-state index is 9.91. The van der Waals surface area contributed by atoms with Gasteiger partial charge in [-0.15, -0.1) is 0 Å². The summed E-state index contributed by atoms with van der Waals surface area (Å²) in [4.78, 5) is 0. The molecule has 2 aliphatic heterocycles. The molecule has 2 aliphatic rings. The number of phenols is 1. The molecule has 2 aromatic carbocycles. The van der Waals surface area contributed by atoms with Crippen molar-refractivity contribution in [1.29, 1.82) is 0 Å². The Morgan fingerprint density at radius 2 is 1.96 bits per heavy atom. The van der Waals surface area contributed by atoms with Crippen molar-refractivity contribution < 1.29 is 14.6 Å². The number of aromatic hydroxyl groups is 1. The topological polar surface area (TPSA) is 38.7 Å². The van der Waals surface area contributed by atoms with E-state index in [1.54, 1.807) is 12.1 Å². The molecule has 0 spiro atoms. The van der Waals surface area contributed by atoms with Gasteiger partial charge in [0.2, 0.25) is 0 Å². The van der Waals surface area contributed by atoms with Gasteiger partial charge in [-0.2, -0.15) is 0 Å². The molecule has 1 N–H and O–H groups in total.